The molecule has 0 aliphatic heterocycles. The van der Waals surface area contributed by atoms with Crippen molar-refractivity contribution in [3.8, 4) is 0 Å². The molecule has 0 radical (unpaired) electrons. The number of rotatable bonds is 4. The van der Waals surface area contributed by atoms with Gasteiger partial charge in [0.1, 0.15) is 5.82 Å². The van der Waals surface area contributed by atoms with Gasteiger partial charge in [-0.3, -0.25) is 4.79 Å². The molecule has 0 heterocycles. The van der Waals surface area contributed by atoms with E-state index in [2.05, 4.69) is 15.9 Å². The number of benzene rings is 1. The first kappa shape index (κ1) is 15.8. The van der Waals surface area contributed by atoms with Crippen molar-refractivity contribution in [2.75, 3.05) is 12.4 Å². The maximum Gasteiger partial charge on any atom is 0.254 e. The van der Waals surface area contributed by atoms with Crippen LogP contribution in [0.5, 0.6) is 0 Å². The number of hydrogen-bond donors (Lipinski definition) is 0. The lowest BCUT2D eigenvalue weighted by molar-refractivity contribution is 0.0649. The van der Waals surface area contributed by atoms with Crippen LogP contribution in [0, 0.1) is 5.82 Å². The van der Waals surface area contributed by atoms with Crippen molar-refractivity contribution in [1.82, 2.24) is 4.90 Å². The quantitative estimate of drug-likeness (QED) is 0.717. The van der Waals surface area contributed by atoms with Gasteiger partial charge in [-0.2, -0.15) is 0 Å². The number of carbonyl (C=O) groups is 1. The van der Waals surface area contributed by atoms with Crippen LogP contribution < -0.4 is 0 Å². The summed E-state index contributed by atoms with van der Waals surface area (Å²) in [5, 5.41) is 0. The molecule has 0 bridgehead atoms. The molecule has 1 saturated carbocycles. The van der Waals surface area contributed by atoms with Gasteiger partial charge in [0, 0.05) is 28.5 Å². The van der Waals surface area contributed by atoms with Crippen molar-refractivity contribution < 1.29 is 9.18 Å². The highest BCUT2D eigenvalue weighted by Crippen LogP contribution is 2.25. The van der Waals surface area contributed by atoms with Gasteiger partial charge in [-0.25, -0.2) is 4.39 Å². The summed E-state index contributed by atoms with van der Waals surface area (Å²) in [5.41, 5.74) is 0.382. The van der Waals surface area contributed by atoms with Gasteiger partial charge in [0.2, 0.25) is 0 Å². The lowest BCUT2D eigenvalue weighted by Crippen LogP contribution is -2.42. The van der Waals surface area contributed by atoms with E-state index < -0.39 is 5.82 Å². The summed E-state index contributed by atoms with van der Waals surface area (Å²) in [7, 11) is 0. The van der Waals surface area contributed by atoms with E-state index in [0.29, 0.717) is 22.5 Å². The molecule has 2 nitrogen and oxygen atoms in total. The molecular weight excluding hydrogens is 345 g/mol. The molecule has 20 heavy (non-hydrogen) atoms. The Labute approximate surface area is 132 Å². The molecule has 0 N–H and O–H groups in total. The largest absolute Gasteiger partial charge is 0.334 e. The molecule has 2 rings (SSSR count). The van der Waals surface area contributed by atoms with E-state index in [1.165, 1.54) is 18.6 Å². The fraction of sp³-hybridized carbons (Fsp3) is 0.533. The van der Waals surface area contributed by atoms with Crippen LogP contribution in [0.4, 0.5) is 4.39 Å². The molecule has 1 aliphatic rings. The molecule has 1 aromatic rings. The average Bonchev–Trinajstić information content (AvgIpc) is 2.44. The van der Waals surface area contributed by atoms with Gasteiger partial charge < -0.3 is 4.90 Å². The van der Waals surface area contributed by atoms with Crippen LogP contribution in [0.15, 0.2) is 22.7 Å². The number of amides is 1. The van der Waals surface area contributed by atoms with Gasteiger partial charge in [-0.05, 0) is 31.0 Å². The maximum absolute atomic E-state index is 13.5. The van der Waals surface area contributed by atoms with E-state index in [0.717, 1.165) is 25.7 Å². The van der Waals surface area contributed by atoms with Gasteiger partial charge in [0.25, 0.3) is 5.91 Å². The van der Waals surface area contributed by atoms with Crippen molar-refractivity contribution in [3.63, 3.8) is 0 Å². The minimum Gasteiger partial charge on any atom is -0.334 e. The number of nitrogens with zero attached hydrogens (tertiary/aromatic N) is 1. The predicted octanol–water partition coefficient (Wildman–Crippen LogP) is 4.60. The van der Waals surface area contributed by atoms with E-state index in [9.17, 15) is 9.18 Å². The standard InChI is InChI=1S/C15H18BrClFNO/c16-12-8-11(9-13(18)10-12)15(20)19(7-6-17)14-4-2-1-3-5-14/h8-10,14H,1-7H2. The minimum absolute atomic E-state index is 0.127. The summed E-state index contributed by atoms with van der Waals surface area (Å²) in [6.45, 7) is 0.513. The Morgan fingerprint density at radius 3 is 2.60 bits per heavy atom. The van der Waals surface area contributed by atoms with Crippen LogP contribution in [-0.4, -0.2) is 29.3 Å². The van der Waals surface area contributed by atoms with Gasteiger partial charge in [-0.15, -0.1) is 11.6 Å². The fourth-order valence-electron chi connectivity index (χ4n) is 2.78. The summed E-state index contributed by atoms with van der Waals surface area (Å²) in [6.07, 6.45) is 5.54. The Morgan fingerprint density at radius 2 is 2.00 bits per heavy atom. The van der Waals surface area contributed by atoms with E-state index in [4.69, 9.17) is 11.6 Å². The van der Waals surface area contributed by atoms with Gasteiger partial charge >= 0.3 is 0 Å². The molecule has 0 atom stereocenters. The first-order valence-electron chi connectivity index (χ1n) is 6.95. The van der Waals surface area contributed by atoms with Crippen molar-refractivity contribution >= 4 is 33.4 Å². The van der Waals surface area contributed by atoms with Crippen molar-refractivity contribution in [2.45, 2.75) is 38.1 Å². The highest BCUT2D eigenvalue weighted by atomic mass is 79.9. The highest BCUT2D eigenvalue weighted by Gasteiger charge is 2.26. The second-order valence-corrected chi connectivity index (χ2v) is 6.43. The van der Waals surface area contributed by atoms with Crippen LogP contribution in [0.2, 0.25) is 0 Å². The molecule has 5 heteroatoms. The number of hydrogen-bond acceptors (Lipinski definition) is 1. The monoisotopic (exact) mass is 361 g/mol. The topological polar surface area (TPSA) is 20.3 Å². The van der Waals surface area contributed by atoms with Crippen LogP contribution in [-0.2, 0) is 0 Å². The lowest BCUT2D eigenvalue weighted by atomic mass is 9.93. The Kier molecular flexibility index (Phi) is 5.85. The smallest absolute Gasteiger partial charge is 0.254 e. The van der Waals surface area contributed by atoms with Crippen LogP contribution in [0.3, 0.4) is 0 Å². The Balaban J connectivity index is 2.20. The molecule has 0 saturated heterocycles. The first-order chi connectivity index (χ1) is 9.61. The van der Waals surface area contributed by atoms with E-state index in [1.807, 2.05) is 4.90 Å². The summed E-state index contributed by atoms with van der Waals surface area (Å²) >= 11 is 9.06. The normalized spacial score (nSPS) is 16.1. The van der Waals surface area contributed by atoms with Crippen LogP contribution in [0.25, 0.3) is 0 Å². The molecule has 0 aromatic heterocycles. The Bertz CT molecular complexity index is 457. The van der Waals surface area contributed by atoms with Crippen molar-refractivity contribution in [1.29, 1.82) is 0 Å². The second kappa shape index (κ2) is 7.41. The summed E-state index contributed by atoms with van der Waals surface area (Å²) < 4.78 is 14.0. The zero-order valence-electron chi connectivity index (χ0n) is 11.2. The van der Waals surface area contributed by atoms with Crippen LogP contribution in [0.1, 0.15) is 42.5 Å². The third-order valence-corrected chi connectivity index (χ3v) is 4.34. The summed E-state index contributed by atoms with van der Waals surface area (Å²) in [6, 6.07) is 4.53. The number of alkyl halides is 1. The zero-order chi connectivity index (χ0) is 14.5. The third-order valence-electron chi connectivity index (χ3n) is 3.71. The highest BCUT2D eigenvalue weighted by molar-refractivity contribution is 9.10. The number of halogens is 3. The first-order valence-corrected chi connectivity index (χ1v) is 8.27. The molecular formula is C15H18BrClFNO. The summed E-state index contributed by atoms with van der Waals surface area (Å²) in [5.74, 6) is -0.131. The zero-order valence-corrected chi connectivity index (χ0v) is 13.6. The molecule has 1 amide bonds. The molecule has 0 spiro atoms. The average molecular weight is 363 g/mol. The maximum atomic E-state index is 13.5. The van der Waals surface area contributed by atoms with Gasteiger partial charge in [0.15, 0.2) is 0 Å². The van der Waals surface area contributed by atoms with E-state index in [-0.39, 0.29) is 11.9 Å². The van der Waals surface area contributed by atoms with Gasteiger partial charge in [0.05, 0.1) is 0 Å². The summed E-state index contributed by atoms with van der Waals surface area (Å²) in [4.78, 5) is 14.4. The third kappa shape index (κ3) is 3.95. The van der Waals surface area contributed by atoms with Crippen molar-refractivity contribution in [3.05, 3.63) is 34.1 Å². The Hall–Kier alpha value is -0.610. The second-order valence-electron chi connectivity index (χ2n) is 5.14. The predicted molar refractivity (Wildman–Crippen MR) is 82.7 cm³/mol. The molecule has 1 aromatic carbocycles. The van der Waals surface area contributed by atoms with E-state index >= 15 is 0 Å². The molecule has 1 fully saturated rings. The number of carbonyl (C=O) groups excluding carboxylic acids is 1. The lowest BCUT2D eigenvalue weighted by Gasteiger charge is -2.34. The molecule has 110 valence electrons. The Morgan fingerprint density at radius 1 is 1.30 bits per heavy atom. The van der Waals surface area contributed by atoms with Crippen LogP contribution >= 0.6 is 27.5 Å². The van der Waals surface area contributed by atoms with Crippen molar-refractivity contribution in [2.24, 2.45) is 0 Å². The molecule has 0 unspecified atom stereocenters. The van der Waals surface area contributed by atoms with E-state index in [1.54, 1.807) is 6.07 Å². The SMILES string of the molecule is O=C(c1cc(F)cc(Br)c1)N(CCCl)C1CCCCC1. The minimum atomic E-state index is -0.405. The molecule has 1 aliphatic carbocycles. The van der Waals surface area contributed by atoms with Gasteiger partial charge in [-0.1, -0.05) is 35.2 Å². The fourth-order valence-corrected chi connectivity index (χ4v) is 3.42.